The van der Waals surface area contributed by atoms with Crippen molar-refractivity contribution in [3.63, 3.8) is 0 Å². The number of fused-ring (bicyclic) bond motifs is 2. The molecule has 7 nitrogen and oxygen atoms in total. The Morgan fingerprint density at radius 2 is 2.04 bits per heavy atom. The molecule has 1 aliphatic carbocycles. The molecule has 1 saturated carbocycles. The molecule has 0 N–H and O–H groups in total. The molecule has 0 aromatic carbocycles. The fourth-order valence-corrected chi connectivity index (χ4v) is 5.17. The Hall–Kier alpha value is -1.73. The number of anilines is 1. The molecule has 3 fully saturated rings. The number of nitrogens with zero attached hydrogens (tertiary/aromatic N) is 4. The SMILES string of the molecule is C[C@@H]1CN(c2ncc3c(n2)[C@]2(CCN(C(=O)C4CCC4)C2)COC3)C[C@@H](C)O1. The van der Waals surface area contributed by atoms with Crippen LogP contribution in [0.5, 0.6) is 0 Å². The van der Waals surface area contributed by atoms with Crippen molar-refractivity contribution in [2.45, 2.75) is 63.8 Å². The summed E-state index contributed by atoms with van der Waals surface area (Å²) in [5.41, 5.74) is 1.98. The van der Waals surface area contributed by atoms with Crippen molar-refractivity contribution in [3.8, 4) is 0 Å². The molecule has 3 aliphatic heterocycles. The Kier molecular flexibility index (Phi) is 4.55. The Bertz CT molecular complexity index is 758. The molecule has 3 atom stereocenters. The normalized spacial score (nSPS) is 33.1. The highest BCUT2D eigenvalue weighted by atomic mass is 16.5. The van der Waals surface area contributed by atoms with Crippen LogP contribution in [0.1, 0.15) is 50.8 Å². The molecular weight excluding hydrogens is 356 g/mol. The zero-order valence-electron chi connectivity index (χ0n) is 16.9. The number of hydrogen-bond acceptors (Lipinski definition) is 6. The van der Waals surface area contributed by atoms with E-state index in [1.165, 1.54) is 6.42 Å². The lowest BCUT2D eigenvalue weighted by Gasteiger charge is -2.38. The largest absolute Gasteiger partial charge is 0.376 e. The van der Waals surface area contributed by atoms with Crippen LogP contribution in [0.3, 0.4) is 0 Å². The first-order valence-electron chi connectivity index (χ1n) is 10.7. The number of hydrogen-bond donors (Lipinski definition) is 0. The monoisotopic (exact) mass is 386 g/mol. The number of aromatic nitrogens is 2. The van der Waals surface area contributed by atoms with Crippen LogP contribution in [0.4, 0.5) is 5.95 Å². The van der Waals surface area contributed by atoms with E-state index in [1.54, 1.807) is 0 Å². The zero-order valence-corrected chi connectivity index (χ0v) is 16.9. The molecule has 0 unspecified atom stereocenters. The lowest BCUT2D eigenvalue weighted by Crippen LogP contribution is -2.47. The molecule has 7 heteroatoms. The summed E-state index contributed by atoms with van der Waals surface area (Å²) in [5, 5.41) is 0. The smallest absolute Gasteiger partial charge is 0.225 e. The van der Waals surface area contributed by atoms with Gasteiger partial charge in [0.05, 0.1) is 36.5 Å². The summed E-state index contributed by atoms with van der Waals surface area (Å²) in [6, 6.07) is 0. The van der Waals surface area contributed by atoms with Crippen molar-refractivity contribution in [3.05, 3.63) is 17.5 Å². The van der Waals surface area contributed by atoms with Gasteiger partial charge in [0.15, 0.2) is 0 Å². The molecule has 0 radical (unpaired) electrons. The summed E-state index contributed by atoms with van der Waals surface area (Å²) < 4.78 is 11.8. The van der Waals surface area contributed by atoms with E-state index < -0.39 is 0 Å². The van der Waals surface area contributed by atoms with Gasteiger partial charge in [-0.3, -0.25) is 4.79 Å². The molecule has 5 rings (SSSR count). The minimum absolute atomic E-state index is 0.169. The van der Waals surface area contributed by atoms with Gasteiger partial charge in [0, 0.05) is 43.9 Å². The fourth-order valence-electron chi connectivity index (χ4n) is 5.17. The molecular formula is C21H30N4O3. The summed E-state index contributed by atoms with van der Waals surface area (Å²) in [6.07, 6.45) is 6.48. The molecule has 1 spiro atoms. The minimum atomic E-state index is -0.186. The number of amides is 1. The van der Waals surface area contributed by atoms with Crippen LogP contribution in [-0.2, 0) is 26.3 Å². The quantitative estimate of drug-likeness (QED) is 0.773. The van der Waals surface area contributed by atoms with E-state index in [2.05, 4.69) is 28.6 Å². The highest BCUT2D eigenvalue weighted by Gasteiger charge is 2.47. The topological polar surface area (TPSA) is 67.8 Å². The number of carbonyl (C=O) groups is 1. The van der Waals surface area contributed by atoms with Gasteiger partial charge in [0.2, 0.25) is 11.9 Å². The first-order chi connectivity index (χ1) is 13.5. The third-order valence-electron chi connectivity index (χ3n) is 6.81. The molecule has 0 bridgehead atoms. The van der Waals surface area contributed by atoms with Gasteiger partial charge in [0.1, 0.15) is 0 Å². The third-order valence-corrected chi connectivity index (χ3v) is 6.81. The number of morpholine rings is 1. The van der Waals surface area contributed by atoms with Gasteiger partial charge >= 0.3 is 0 Å². The molecule has 1 aromatic rings. The van der Waals surface area contributed by atoms with E-state index in [-0.39, 0.29) is 23.5 Å². The highest BCUT2D eigenvalue weighted by molar-refractivity contribution is 5.80. The van der Waals surface area contributed by atoms with Crippen LogP contribution in [-0.4, -0.2) is 65.8 Å². The number of likely N-dealkylation sites (tertiary alicyclic amines) is 1. The van der Waals surface area contributed by atoms with Crippen LogP contribution in [0.15, 0.2) is 6.20 Å². The van der Waals surface area contributed by atoms with Gasteiger partial charge in [-0.05, 0) is 33.1 Å². The predicted molar refractivity (Wildman–Crippen MR) is 104 cm³/mol. The average molecular weight is 386 g/mol. The number of ether oxygens (including phenoxy) is 2. The van der Waals surface area contributed by atoms with E-state index in [0.29, 0.717) is 19.1 Å². The van der Waals surface area contributed by atoms with Crippen LogP contribution in [0, 0.1) is 5.92 Å². The Labute approximate surface area is 166 Å². The van der Waals surface area contributed by atoms with Crippen molar-refractivity contribution < 1.29 is 14.3 Å². The summed E-state index contributed by atoms with van der Waals surface area (Å²) in [4.78, 5) is 26.8. The minimum Gasteiger partial charge on any atom is -0.376 e. The third kappa shape index (κ3) is 3.08. The summed E-state index contributed by atoms with van der Waals surface area (Å²) in [6.45, 7) is 8.53. The average Bonchev–Trinajstić information content (AvgIpc) is 3.04. The lowest BCUT2D eigenvalue weighted by molar-refractivity contribution is -0.137. The maximum Gasteiger partial charge on any atom is 0.225 e. The highest BCUT2D eigenvalue weighted by Crippen LogP contribution is 2.41. The van der Waals surface area contributed by atoms with E-state index >= 15 is 0 Å². The van der Waals surface area contributed by atoms with Gasteiger partial charge in [-0.1, -0.05) is 6.42 Å². The standard InChI is InChI=1S/C21H30N4O3/c1-14-9-25(10-15(2)28-14)20-22-8-17-11-27-13-21(18(17)23-20)6-7-24(12-21)19(26)16-4-3-5-16/h8,14-16H,3-7,9-13H2,1-2H3/t14-,15-,21+/m1/s1. The van der Waals surface area contributed by atoms with Gasteiger partial charge in [-0.25, -0.2) is 9.97 Å². The maximum absolute atomic E-state index is 12.8. The van der Waals surface area contributed by atoms with Gasteiger partial charge in [-0.2, -0.15) is 0 Å². The van der Waals surface area contributed by atoms with E-state index in [4.69, 9.17) is 14.5 Å². The van der Waals surface area contributed by atoms with Crippen LogP contribution in [0.2, 0.25) is 0 Å². The van der Waals surface area contributed by atoms with E-state index in [0.717, 1.165) is 62.6 Å². The summed E-state index contributed by atoms with van der Waals surface area (Å²) in [5.74, 6) is 1.36. The second-order valence-electron chi connectivity index (χ2n) is 9.12. The Balaban J connectivity index is 1.42. The van der Waals surface area contributed by atoms with E-state index in [1.807, 2.05) is 6.20 Å². The predicted octanol–water partition coefficient (Wildman–Crippen LogP) is 1.89. The second-order valence-corrected chi connectivity index (χ2v) is 9.12. The Morgan fingerprint density at radius 1 is 1.25 bits per heavy atom. The van der Waals surface area contributed by atoms with Crippen molar-refractivity contribution in [2.75, 3.05) is 37.7 Å². The van der Waals surface area contributed by atoms with Gasteiger partial charge in [-0.15, -0.1) is 0 Å². The van der Waals surface area contributed by atoms with Crippen LogP contribution in [0.25, 0.3) is 0 Å². The first kappa shape index (κ1) is 18.3. The molecule has 4 aliphatic rings. The van der Waals surface area contributed by atoms with Crippen LogP contribution >= 0.6 is 0 Å². The van der Waals surface area contributed by atoms with Crippen molar-refractivity contribution in [1.82, 2.24) is 14.9 Å². The van der Waals surface area contributed by atoms with Crippen molar-refractivity contribution in [2.24, 2.45) is 5.92 Å². The molecule has 1 aromatic heterocycles. The molecule has 4 heterocycles. The maximum atomic E-state index is 12.8. The molecule has 2 saturated heterocycles. The van der Waals surface area contributed by atoms with Gasteiger partial charge < -0.3 is 19.3 Å². The fraction of sp³-hybridized carbons (Fsp3) is 0.762. The Morgan fingerprint density at radius 3 is 2.75 bits per heavy atom. The second kappa shape index (κ2) is 6.95. The number of rotatable bonds is 2. The van der Waals surface area contributed by atoms with Gasteiger partial charge in [0.25, 0.3) is 0 Å². The first-order valence-corrected chi connectivity index (χ1v) is 10.7. The van der Waals surface area contributed by atoms with Crippen LogP contribution < -0.4 is 4.90 Å². The van der Waals surface area contributed by atoms with E-state index in [9.17, 15) is 4.79 Å². The lowest BCUT2D eigenvalue weighted by atomic mass is 9.80. The molecule has 1 amide bonds. The molecule has 152 valence electrons. The summed E-state index contributed by atoms with van der Waals surface area (Å²) >= 11 is 0. The molecule has 28 heavy (non-hydrogen) atoms. The zero-order chi connectivity index (χ0) is 19.3. The van der Waals surface area contributed by atoms with Crippen molar-refractivity contribution in [1.29, 1.82) is 0 Å². The summed E-state index contributed by atoms with van der Waals surface area (Å²) in [7, 11) is 0. The van der Waals surface area contributed by atoms with Crippen molar-refractivity contribution >= 4 is 11.9 Å². The number of carbonyl (C=O) groups excluding carboxylic acids is 1.